The minimum absolute atomic E-state index is 0.0761. The van der Waals surface area contributed by atoms with E-state index in [1.165, 1.54) is 0 Å². The number of oxime groups is 1. The highest BCUT2D eigenvalue weighted by Crippen LogP contribution is 2.22. The first-order valence-corrected chi connectivity index (χ1v) is 4.43. The van der Waals surface area contributed by atoms with Gasteiger partial charge in [-0.3, -0.25) is 0 Å². The summed E-state index contributed by atoms with van der Waals surface area (Å²) < 4.78 is 5.13. The largest absolute Gasteiger partial charge is 0.409 e. The number of rotatable bonds is 4. The van der Waals surface area contributed by atoms with Gasteiger partial charge in [0.05, 0.1) is 12.1 Å². The summed E-state index contributed by atoms with van der Waals surface area (Å²) in [7, 11) is 1.72. The Labute approximate surface area is 77.9 Å². The maximum absolute atomic E-state index is 8.41. The summed E-state index contributed by atoms with van der Waals surface area (Å²) in [5, 5.41) is 14.6. The predicted octanol–water partition coefficient (Wildman–Crippen LogP) is -0.112. The molecule has 0 saturated heterocycles. The Morgan fingerprint density at radius 2 is 2.31 bits per heavy atom. The molecule has 1 fully saturated rings. The van der Waals surface area contributed by atoms with Gasteiger partial charge < -0.3 is 21.0 Å². The zero-order valence-electron chi connectivity index (χ0n) is 8.03. The topological polar surface area (TPSA) is 79.9 Å². The molecule has 1 saturated carbocycles. The van der Waals surface area contributed by atoms with Gasteiger partial charge in [0, 0.05) is 13.2 Å². The smallest absolute Gasteiger partial charge is 0.156 e. The molecule has 1 aliphatic rings. The van der Waals surface area contributed by atoms with Crippen LogP contribution in [0.15, 0.2) is 5.16 Å². The number of methoxy groups -OCH3 is 1. The van der Waals surface area contributed by atoms with Crippen LogP contribution in [-0.2, 0) is 4.74 Å². The van der Waals surface area contributed by atoms with E-state index in [1.54, 1.807) is 7.11 Å². The fraction of sp³-hybridized carbons (Fsp3) is 0.875. The van der Waals surface area contributed by atoms with E-state index in [0.29, 0.717) is 12.1 Å². The first-order valence-electron chi connectivity index (χ1n) is 4.43. The zero-order chi connectivity index (χ0) is 9.84. The van der Waals surface area contributed by atoms with Gasteiger partial charge in [0.2, 0.25) is 0 Å². The van der Waals surface area contributed by atoms with Crippen LogP contribution in [0, 0.1) is 0 Å². The molecule has 0 spiro atoms. The lowest BCUT2D eigenvalue weighted by Gasteiger charge is -2.36. The van der Waals surface area contributed by atoms with Gasteiger partial charge in [-0.25, -0.2) is 0 Å². The fourth-order valence-corrected chi connectivity index (χ4v) is 1.42. The molecule has 0 bridgehead atoms. The van der Waals surface area contributed by atoms with E-state index in [1.807, 2.05) is 6.92 Å². The monoisotopic (exact) mass is 187 g/mol. The number of hydrogen-bond acceptors (Lipinski definition) is 4. The van der Waals surface area contributed by atoms with Crippen molar-refractivity contribution in [2.45, 2.75) is 38.0 Å². The summed E-state index contributed by atoms with van der Waals surface area (Å²) in [5.74, 6) is 0.223. The number of amidine groups is 1. The van der Waals surface area contributed by atoms with Crippen molar-refractivity contribution >= 4 is 5.84 Å². The lowest BCUT2D eigenvalue weighted by atomic mass is 9.88. The minimum Gasteiger partial charge on any atom is -0.409 e. The van der Waals surface area contributed by atoms with Gasteiger partial charge in [0.15, 0.2) is 5.84 Å². The Balaban J connectivity index is 2.20. The molecule has 0 radical (unpaired) electrons. The molecule has 1 atom stereocenters. The minimum atomic E-state index is -0.0761. The predicted molar refractivity (Wildman–Crippen MR) is 49.8 cm³/mol. The Morgan fingerprint density at radius 1 is 1.69 bits per heavy atom. The van der Waals surface area contributed by atoms with Crippen molar-refractivity contribution in [3.05, 3.63) is 0 Å². The lowest BCUT2D eigenvalue weighted by Crippen LogP contribution is -2.52. The van der Waals surface area contributed by atoms with Crippen LogP contribution in [0.2, 0.25) is 0 Å². The molecule has 5 nitrogen and oxygen atoms in total. The second-order valence-corrected chi connectivity index (χ2v) is 3.44. The third-order valence-electron chi connectivity index (χ3n) is 2.47. The Bertz CT molecular complexity index is 190. The van der Waals surface area contributed by atoms with Crippen molar-refractivity contribution < 1.29 is 9.94 Å². The van der Waals surface area contributed by atoms with Gasteiger partial charge in [0.1, 0.15) is 0 Å². The Kier molecular flexibility index (Phi) is 3.50. The highest BCUT2D eigenvalue weighted by atomic mass is 16.5. The molecule has 0 amide bonds. The number of ether oxygens (including phenoxy) is 1. The van der Waals surface area contributed by atoms with Gasteiger partial charge >= 0.3 is 0 Å². The fourth-order valence-electron chi connectivity index (χ4n) is 1.42. The number of nitrogens with two attached hydrogens (primary N) is 1. The van der Waals surface area contributed by atoms with E-state index in [9.17, 15) is 0 Å². The van der Waals surface area contributed by atoms with Crippen molar-refractivity contribution in [2.24, 2.45) is 10.9 Å². The Hall–Kier alpha value is -0.810. The quantitative estimate of drug-likeness (QED) is 0.248. The van der Waals surface area contributed by atoms with Crippen LogP contribution in [0.5, 0.6) is 0 Å². The second kappa shape index (κ2) is 4.43. The lowest BCUT2D eigenvalue weighted by molar-refractivity contribution is 0.0165. The van der Waals surface area contributed by atoms with Crippen LogP contribution in [0.3, 0.4) is 0 Å². The average molecular weight is 187 g/mol. The van der Waals surface area contributed by atoms with Gasteiger partial charge in [0.25, 0.3) is 0 Å². The molecule has 4 N–H and O–H groups in total. The first-order chi connectivity index (χ1) is 6.17. The van der Waals surface area contributed by atoms with Gasteiger partial charge in [-0.05, 0) is 19.8 Å². The molecule has 1 aliphatic carbocycles. The standard InChI is InChI=1S/C8H17N3O2/c1-5(8(9)11-12)10-6-3-7(4-6)13-2/h5-7,10,12H,3-4H2,1-2H3,(H2,9,11). The Morgan fingerprint density at radius 3 is 2.77 bits per heavy atom. The van der Waals surface area contributed by atoms with E-state index in [-0.39, 0.29) is 11.9 Å². The number of hydrogen-bond donors (Lipinski definition) is 3. The van der Waals surface area contributed by atoms with Crippen LogP contribution in [-0.4, -0.2) is 36.3 Å². The highest BCUT2D eigenvalue weighted by Gasteiger charge is 2.30. The maximum Gasteiger partial charge on any atom is 0.156 e. The van der Waals surface area contributed by atoms with Crippen molar-refractivity contribution in [1.29, 1.82) is 0 Å². The van der Waals surface area contributed by atoms with Crippen molar-refractivity contribution in [3.63, 3.8) is 0 Å². The highest BCUT2D eigenvalue weighted by molar-refractivity contribution is 5.84. The van der Waals surface area contributed by atoms with Crippen molar-refractivity contribution in [2.75, 3.05) is 7.11 Å². The summed E-state index contributed by atoms with van der Waals surface area (Å²) in [4.78, 5) is 0. The molecule has 1 rings (SSSR count). The maximum atomic E-state index is 8.41. The molecule has 0 aromatic rings. The SMILES string of the molecule is COC1CC(NC(C)C(N)=NO)C1. The van der Waals surface area contributed by atoms with E-state index in [2.05, 4.69) is 10.5 Å². The number of nitrogens with one attached hydrogen (secondary N) is 1. The normalized spacial score (nSPS) is 31.1. The van der Waals surface area contributed by atoms with E-state index in [4.69, 9.17) is 15.7 Å². The van der Waals surface area contributed by atoms with Crippen LogP contribution < -0.4 is 11.1 Å². The molecule has 0 heterocycles. The summed E-state index contributed by atoms with van der Waals surface area (Å²) >= 11 is 0. The van der Waals surface area contributed by atoms with Crippen molar-refractivity contribution in [1.82, 2.24) is 5.32 Å². The molecular weight excluding hydrogens is 170 g/mol. The van der Waals surface area contributed by atoms with Crippen LogP contribution in [0.1, 0.15) is 19.8 Å². The van der Waals surface area contributed by atoms with Gasteiger partial charge in [-0.1, -0.05) is 5.16 Å². The third-order valence-corrected chi connectivity index (χ3v) is 2.47. The average Bonchev–Trinajstić information content (AvgIpc) is 2.08. The third kappa shape index (κ3) is 2.57. The first kappa shape index (κ1) is 10.3. The number of nitrogens with zero attached hydrogens (tertiary/aromatic N) is 1. The molecule has 0 aromatic heterocycles. The van der Waals surface area contributed by atoms with E-state index < -0.39 is 0 Å². The summed E-state index contributed by atoms with van der Waals surface area (Å²) in [5.41, 5.74) is 5.42. The molecule has 0 aliphatic heterocycles. The molecule has 13 heavy (non-hydrogen) atoms. The van der Waals surface area contributed by atoms with Crippen LogP contribution >= 0.6 is 0 Å². The molecule has 76 valence electrons. The van der Waals surface area contributed by atoms with E-state index >= 15 is 0 Å². The molecule has 5 heteroatoms. The van der Waals surface area contributed by atoms with Gasteiger partial charge in [-0.2, -0.15) is 0 Å². The summed E-state index contributed by atoms with van der Waals surface area (Å²) in [6, 6.07) is 0.355. The van der Waals surface area contributed by atoms with E-state index in [0.717, 1.165) is 12.8 Å². The molecular formula is C8H17N3O2. The summed E-state index contributed by atoms with van der Waals surface area (Å²) in [6.45, 7) is 1.87. The van der Waals surface area contributed by atoms with Crippen LogP contribution in [0.25, 0.3) is 0 Å². The summed E-state index contributed by atoms with van der Waals surface area (Å²) in [6.07, 6.45) is 2.37. The van der Waals surface area contributed by atoms with Crippen LogP contribution in [0.4, 0.5) is 0 Å². The molecule has 1 unspecified atom stereocenters. The second-order valence-electron chi connectivity index (χ2n) is 3.44. The zero-order valence-corrected chi connectivity index (χ0v) is 8.03. The van der Waals surface area contributed by atoms with Crippen molar-refractivity contribution in [3.8, 4) is 0 Å². The molecule has 0 aromatic carbocycles. The van der Waals surface area contributed by atoms with Gasteiger partial charge in [-0.15, -0.1) is 0 Å².